The SMILES string of the molecule is CC1(C)CCSCC1Nc1cc(Br)cnc1Cl. The van der Waals surface area contributed by atoms with E-state index < -0.39 is 0 Å². The van der Waals surface area contributed by atoms with E-state index in [1.54, 1.807) is 6.20 Å². The predicted octanol–water partition coefficient (Wildman–Crippen LogP) is 4.44. The lowest BCUT2D eigenvalue weighted by Gasteiger charge is -2.39. The van der Waals surface area contributed by atoms with Crippen molar-refractivity contribution in [2.75, 3.05) is 16.8 Å². The second-order valence-corrected chi connectivity index (χ2v) is 7.43. The van der Waals surface area contributed by atoms with Crippen LogP contribution in [0.25, 0.3) is 0 Å². The summed E-state index contributed by atoms with van der Waals surface area (Å²) in [6.45, 7) is 4.62. The fourth-order valence-electron chi connectivity index (χ4n) is 1.88. The molecule has 1 fully saturated rings. The van der Waals surface area contributed by atoms with E-state index in [2.05, 4.69) is 40.1 Å². The van der Waals surface area contributed by atoms with Gasteiger partial charge in [-0.3, -0.25) is 0 Å². The lowest BCUT2D eigenvalue weighted by Crippen LogP contribution is -2.41. The van der Waals surface area contributed by atoms with E-state index in [-0.39, 0.29) is 0 Å². The molecule has 1 aliphatic rings. The minimum atomic E-state index is 0.302. The minimum Gasteiger partial charge on any atom is -0.378 e. The highest BCUT2D eigenvalue weighted by molar-refractivity contribution is 9.10. The van der Waals surface area contributed by atoms with Gasteiger partial charge in [0.25, 0.3) is 0 Å². The number of anilines is 1. The molecule has 1 unspecified atom stereocenters. The number of aromatic nitrogens is 1. The first-order valence-electron chi connectivity index (χ1n) is 5.64. The average molecular weight is 336 g/mol. The van der Waals surface area contributed by atoms with Crippen molar-refractivity contribution in [2.45, 2.75) is 26.3 Å². The Balaban J connectivity index is 2.16. The van der Waals surface area contributed by atoms with Crippen LogP contribution in [0, 0.1) is 5.41 Å². The largest absolute Gasteiger partial charge is 0.378 e. The summed E-state index contributed by atoms with van der Waals surface area (Å²) in [4.78, 5) is 4.14. The van der Waals surface area contributed by atoms with Gasteiger partial charge >= 0.3 is 0 Å². The molecule has 2 heterocycles. The normalized spacial score (nSPS) is 23.4. The molecular formula is C12H16BrClN2S. The Morgan fingerprint density at radius 1 is 1.59 bits per heavy atom. The fourth-order valence-corrected chi connectivity index (χ4v) is 3.98. The van der Waals surface area contributed by atoms with Crippen molar-refractivity contribution in [2.24, 2.45) is 5.41 Å². The Bertz CT molecular complexity index is 411. The van der Waals surface area contributed by atoms with Crippen molar-refractivity contribution in [3.63, 3.8) is 0 Å². The van der Waals surface area contributed by atoms with Gasteiger partial charge in [-0.2, -0.15) is 11.8 Å². The highest BCUT2D eigenvalue weighted by Crippen LogP contribution is 2.37. The number of hydrogen-bond acceptors (Lipinski definition) is 3. The zero-order valence-electron chi connectivity index (χ0n) is 9.96. The summed E-state index contributed by atoms with van der Waals surface area (Å²) in [7, 11) is 0. The molecule has 2 rings (SSSR count). The van der Waals surface area contributed by atoms with Crippen LogP contribution >= 0.6 is 39.3 Å². The van der Waals surface area contributed by atoms with Crippen LogP contribution in [-0.4, -0.2) is 22.5 Å². The average Bonchev–Trinajstić information content (AvgIpc) is 2.26. The summed E-state index contributed by atoms with van der Waals surface area (Å²) in [5, 5.41) is 4.08. The van der Waals surface area contributed by atoms with Crippen molar-refractivity contribution in [1.82, 2.24) is 4.98 Å². The summed E-state index contributed by atoms with van der Waals surface area (Å²) >= 11 is 11.5. The monoisotopic (exact) mass is 334 g/mol. The van der Waals surface area contributed by atoms with Gasteiger partial charge in [-0.05, 0) is 39.6 Å². The number of thioether (sulfide) groups is 1. The molecule has 94 valence electrons. The second-order valence-electron chi connectivity index (χ2n) is 5.00. The van der Waals surface area contributed by atoms with E-state index in [4.69, 9.17) is 11.6 Å². The van der Waals surface area contributed by atoms with Crippen LogP contribution in [0.15, 0.2) is 16.7 Å². The predicted molar refractivity (Wildman–Crippen MR) is 80.1 cm³/mol. The van der Waals surface area contributed by atoms with E-state index >= 15 is 0 Å². The van der Waals surface area contributed by atoms with Gasteiger partial charge < -0.3 is 5.32 Å². The molecule has 2 nitrogen and oxygen atoms in total. The number of nitrogens with one attached hydrogen (secondary N) is 1. The summed E-state index contributed by atoms with van der Waals surface area (Å²) in [6, 6.07) is 2.43. The Hall–Kier alpha value is 0.0700. The Labute approximate surface area is 120 Å². The molecule has 0 amide bonds. The van der Waals surface area contributed by atoms with Crippen LogP contribution in [0.5, 0.6) is 0 Å². The quantitative estimate of drug-likeness (QED) is 0.809. The highest BCUT2D eigenvalue weighted by atomic mass is 79.9. The van der Waals surface area contributed by atoms with E-state index in [0.717, 1.165) is 15.9 Å². The van der Waals surface area contributed by atoms with Crippen molar-refractivity contribution in [3.05, 3.63) is 21.9 Å². The first-order valence-corrected chi connectivity index (χ1v) is 7.97. The van der Waals surface area contributed by atoms with Crippen LogP contribution in [0.3, 0.4) is 0 Å². The number of hydrogen-bond donors (Lipinski definition) is 1. The standard InChI is InChI=1S/C12H16BrClN2S/c1-12(2)3-4-17-7-10(12)16-9-5-8(13)6-15-11(9)14/h5-6,10,16H,3-4,7H2,1-2H3. The lowest BCUT2D eigenvalue weighted by atomic mass is 9.82. The van der Waals surface area contributed by atoms with Gasteiger partial charge in [-0.25, -0.2) is 4.98 Å². The van der Waals surface area contributed by atoms with Gasteiger partial charge in [-0.1, -0.05) is 25.4 Å². The number of rotatable bonds is 2. The molecule has 1 N–H and O–H groups in total. The maximum atomic E-state index is 6.11. The van der Waals surface area contributed by atoms with E-state index in [1.165, 1.54) is 12.2 Å². The lowest BCUT2D eigenvalue weighted by molar-refractivity contribution is 0.305. The summed E-state index contributed by atoms with van der Waals surface area (Å²) < 4.78 is 0.950. The second kappa shape index (κ2) is 5.37. The molecular weight excluding hydrogens is 320 g/mol. The molecule has 0 aliphatic carbocycles. The van der Waals surface area contributed by atoms with Crippen LogP contribution in [0.2, 0.25) is 5.15 Å². The minimum absolute atomic E-state index is 0.302. The molecule has 0 aromatic carbocycles. The maximum Gasteiger partial charge on any atom is 0.152 e. The van der Waals surface area contributed by atoms with Crippen molar-refractivity contribution in [3.8, 4) is 0 Å². The molecule has 0 saturated carbocycles. The number of nitrogens with zero attached hydrogens (tertiary/aromatic N) is 1. The highest BCUT2D eigenvalue weighted by Gasteiger charge is 2.32. The third kappa shape index (κ3) is 3.30. The molecule has 5 heteroatoms. The molecule has 1 atom stereocenters. The first-order chi connectivity index (χ1) is 7.99. The molecule has 17 heavy (non-hydrogen) atoms. The Kier molecular flexibility index (Phi) is 4.26. The maximum absolute atomic E-state index is 6.11. The van der Waals surface area contributed by atoms with Gasteiger partial charge in [0.05, 0.1) is 5.69 Å². The smallest absolute Gasteiger partial charge is 0.152 e. The molecule has 0 bridgehead atoms. The van der Waals surface area contributed by atoms with Crippen molar-refractivity contribution < 1.29 is 0 Å². The summed E-state index contributed by atoms with van der Waals surface area (Å²) in [5.41, 5.74) is 1.22. The topological polar surface area (TPSA) is 24.9 Å². The third-order valence-corrected chi connectivity index (χ3v) is 5.05. The molecule has 1 aromatic rings. The van der Waals surface area contributed by atoms with E-state index in [1.807, 2.05) is 17.8 Å². The fraction of sp³-hybridized carbons (Fsp3) is 0.583. The Morgan fingerprint density at radius 3 is 3.06 bits per heavy atom. The number of pyridine rings is 1. The van der Waals surface area contributed by atoms with Gasteiger partial charge in [0.2, 0.25) is 0 Å². The van der Waals surface area contributed by atoms with E-state index in [9.17, 15) is 0 Å². The van der Waals surface area contributed by atoms with Crippen molar-refractivity contribution in [1.29, 1.82) is 0 Å². The van der Waals surface area contributed by atoms with E-state index in [0.29, 0.717) is 16.6 Å². The number of halogens is 2. The zero-order chi connectivity index (χ0) is 12.5. The molecule has 1 saturated heterocycles. The Morgan fingerprint density at radius 2 is 2.35 bits per heavy atom. The van der Waals surface area contributed by atoms with Crippen LogP contribution in [-0.2, 0) is 0 Å². The van der Waals surface area contributed by atoms with Gasteiger partial charge in [0.15, 0.2) is 5.15 Å². The van der Waals surface area contributed by atoms with Gasteiger partial charge in [0.1, 0.15) is 0 Å². The first kappa shape index (κ1) is 13.5. The molecule has 1 aliphatic heterocycles. The van der Waals surface area contributed by atoms with Gasteiger partial charge in [-0.15, -0.1) is 0 Å². The van der Waals surface area contributed by atoms with Crippen LogP contribution < -0.4 is 5.32 Å². The summed E-state index contributed by atoms with van der Waals surface area (Å²) in [5.74, 6) is 2.37. The molecule has 1 aromatic heterocycles. The summed E-state index contributed by atoms with van der Waals surface area (Å²) in [6.07, 6.45) is 2.95. The molecule has 0 spiro atoms. The van der Waals surface area contributed by atoms with Crippen molar-refractivity contribution >= 4 is 45.0 Å². The van der Waals surface area contributed by atoms with Crippen LogP contribution in [0.1, 0.15) is 20.3 Å². The van der Waals surface area contributed by atoms with Gasteiger partial charge in [0, 0.05) is 22.5 Å². The third-order valence-electron chi connectivity index (χ3n) is 3.25. The molecule has 0 radical (unpaired) electrons. The zero-order valence-corrected chi connectivity index (χ0v) is 13.1. The van der Waals surface area contributed by atoms with Crippen LogP contribution in [0.4, 0.5) is 5.69 Å².